The molecule has 0 aromatic heterocycles. The van der Waals surface area contributed by atoms with Crippen molar-refractivity contribution in [3.8, 4) is 23.0 Å². The fourth-order valence-corrected chi connectivity index (χ4v) is 6.19. The van der Waals surface area contributed by atoms with Crippen LogP contribution in [0.15, 0.2) is 54.6 Å². The Morgan fingerprint density at radius 2 is 1.71 bits per heavy atom. The molecule has 1 amide bonds. The number of carboxylic acids is 1. The van der Waals surface area contributed by atoms with E-state index in [1.165, 1.54) is 0 Å². The Hall–Kier alpha value is -4.24. The van der Waals surface area contributed by atoms with E-state index in [4.69, 9.17) is 18.9 Å². The van der Waals surface area contributed by atoms with Crippen molar-refractivity contribution in [2.75, 3.05) is 38.9 Å². The number of fused-ring (bicyclic) bond motifs is 1. The molecule has 0 radical (unpaired) electrons. The summed E-state index contributed by atoms with van der Waals surface area (Å²) in [5.41, 5.74) is 4.54. The van der Waals surface area contributed by atoms with E-state index < -0.39 is 23.8 Å². The number of methoxy groups -OCH3 is 1. The van der Waals surface area contributed by atoms with E-state index in [1.54, 1.807) is 7.11 Å². The molecule has 0 spiro atoms. The second-order valence-electron chi connectivity index (χ2n) is 10.5. The number of likely N-dealkylation sites (tertiary alicyclic amines) is 1. The lowest BCUT2D eigenvalue weighted by Crippen LogP contribution is -2.35. The number of anilines is 1. The van der Waals surface area contributed by atoms with Gasteiger partial charge in [0.05, 0.1) is 26.2 Å². The van der Waals surface area contributed by atoms with Crippen molar-refractivity contribution in [3.63, 3.8) is 0 Å². The fourth-order valence-electron chi connectivity index (χ4n) is 6.19. The van der Waals surface area contributed by atoms with Crippen molar-refractivity contribution in [1.82, 2.24) is 4.90 Å². The fraction of sp³-hybridized carbons (Fsp3) is 0.394. The molecule has 1 unspecified atom stereocenters. The Kier molecular flexibility index (Phi) is 8.87. The van der Waals surface area contributed by atoms with Crippen LogP contribution in [0, 0.1) is 5.92 Å². The van der Waals surface area contributed by atoms with E-state index in [2.05, 4.69) is 19.2 Å². The molecule has 42 heavy (non-hydrogen) atoms. The summed E-state index contributed by atoms with van der Waals surface area (Å²) in [6.07, 6.45) is 1.58. The Bertz CT molecular complexity index is 1420. The molecular weight excluding hydrogens is 536 g/mol. The van der Waals surface area contributed by atoms with Gasteiger partial charge in [-0.3, -0.25) is 14.5 Å². The summed E-state index contributed by atoms with van der Waals surface area (Å²) in [5.74, 6) is -0.189. The summed E-state index contributed by atoms with van der Waals surface area (Å²) in [5, 5.41) is 13.8. The first-order valence-corrected chi connectivity index (χ1v) is 14.5. The number of rotatable bonds is 11. The van der Waals surface area contributed by atoms with Gasteiger partial charge in [-0.15, -0.1) is 0 Å². The number of nitrogens with one attached hydrogen (secondary N) is 1. The number of aliphatic carboxylic acids is 1. The molecule has 2 aliphatic heterocycles. The lowest BCUT2D eigenvalue weighted by Gasteiger charge is -2.27. The number of carbonyl (C=O) groups is 2. The lowest BCUT2D eigenvalue weighted by molar-refractivity contribution is -0.143. The smallest absolute Gasteiger partial charge is 0.309 e. The molecule has 2 N–H and O–H groups in total. The average molecular weight is 575 g/mol. The van der Waals surface area contributed by atoms with Crippen LogP contribution in [-0.4, -0.2) is 55.5 Å². The number of carboxylic acid groups (broad SMARTS) is 1. The molecule has 1 fully saturated rings. The number of aryl methyl sites for hydroxylation is 2. The first-order valence-electron chi connectivity index (χ1n) is 14.5. The molecule has 3 aromatic carbocycles. The van der Waals surface area contributed by atoms with Crippen molar-refractivity contribution < 1.29 is 33.6 Å². The first-order chi connectivity index (χ1) is 20.4. The first kappa shape index (κ1) is 29.3. The third-order valence-electron chi connectivity index (χ3n) is 8.13. The minimum atomic E-state index is -0.942. The van der Waals surface area contributed by atoms with E-state index in [0.717, 1.165) is 40.8 Å². The maximum Gasteiger partial charge on any atom is 0.309 e. The van der Waals surface area contributed by atoms with Crippen LogP contribution in [0.5, 0.6) is 23.0 Å². The molecule has 5 rings (SSSR count). The topological polar surface area (TPSA) is 107 Å². The monoisotopic (exact) mass is 574 g/mol. The SMILES string of the molecule is CCOc1ccc([C@H]2C(C(=O)O)[C@@H](c3cc(OC)c4c(c3)OCO4)CN2CC(=O)Nc2c(CC)cccc2CC)cc1. The average Bonchev–Trinajstić information content (AvgIpc) is 3.62. The van der Waals surface area contributed by atoms with Crippen molar-refractivity contribution in [2.24, 2.45) is 5.92 Å². The number of ether oxygens (including phenoxy) is 4. The summed E-state index contributed by atoms with van der Waals surface area (Å²) in [7, 11) is 1.54. The third kappa shape index (κ3) is 5.74. The van der Waals surface area contributed by atoms with Gasteiger partial charge in [0.15, 0.2) is 11.5 Å². The zero-order chi connectivity index (χ0) is 29.8. The molecule has 2 heterocycles. The highest BCUT2D eigenvalue weighted by molar-refractivity contribution is 5.94. The highest BCUT2D eigenvalue weighted by atomic mass is 16.7. The predicted molar refractivity (Wildman–Crippen MR) is 159 cm³/mol. The van der Waals surface area contributed by atoms with Crippen molar-refractivity contribution in [3.05, 3.63) is 76.9 Å². The Labute approximate surface area is 246 Å². The van der Waals surface area contributed by atoms with Gasteiger partial charge in [0.25, 0.3) is 0 Å². The molecule has 3 atom stereocenters. The second kappa shape index (κ2) is 12.7. The maximum absolute atomic E-state index is 13.6. The molecule has 9 heteroatoms. The van der Waals surface area contributed by atoms with Crippen LogP contribution in [0.1, 0.15) is 55.0 Å². The van der Waals surface area contributed by atoms with E-state index in [1.807, 2.05) is 66.4 Å². The van der Waals surface area contributed by atoms with Gasteiger partial charge in [0, 0.05) is 24.2 Å². The molecule has 2 aliphatic rings. The maximum atomic E-state index is 13.6. The largest absolute Gasteiger partial charge is 0.494 e. The van der Waals surface area contributed by atoms with Gasteiger partial charge >= 0.3 is 5.97 Å². The van der Waals surface area contributed by atoms with Crippen molar-refractivity contribution >= 4 is 17.6 Å². The van der Waals surface area contributed by atoms with E-state index in [0.29, 0.717) is 36.1 Å². The number of carbonyl (C=O) groups excluding carboxylic acids is 1. The summed E-state index contributed by atoms with van der Waals surface area (Å²) in [6, 6.07) is 16.6. The summed E-state index contributed by atoms with van der Waals surface area (Å²) < 4.78 is 22.4. The minimum absolute atomic E-state index is 0.0288. The Balaban J connectivity index is 1.51. The number of nitrogens with zero attached hydrogens (tertiary/aromatic N) is 1. The number of amides is 1. The predicted octanol–water partition coefficient (Wildman–Crippen LogP) is 5.43. The Morgan fingerprint density at radius 3 is 2.33 bits per heavy atom. The normalized spacial score (nSPS) is 19.5. The summed E-state index contributed by atoms with van der Waals surface area (Å²) in [6.45, 7) is 7.02. The number of hydrogen-bond acceptors (Lipinski definition) is 7. The van der Waals surface area contributed by atoms with Gasteiger partial charge in [-0.25, -0.2) is 0 Å². The van der Waals surface area contributed by atoms with Gasteiger partial charge in [0.1, 0.15) is 5.75 Å². The van der Waals surface area contributed by atoms with Gasteiger partial charge in [0.2, 0.25) is 18.4 Å². The second-order valence-corrected chi connectivity index (χ2v) is 10.5. The summed E-state index contributed by atoms with van der Waals surface area (Å²) >= 11 is 0. The molecule has 222 valence electrons. The molecule has 3 aromatic rings. The highest BCUT2D eigenvalue weighted by Crippen LogP contribution is 2.50. The quantitative estimate of drug-likeness (QED) is 0.312. The van der Waals surface area contributed by atoms with Crippen LogP contribution in [0.4, 0.5) is 5.69 Å². The van der Waals surface area contributed by atoms with Crippen LogP contribution >= 0.6 is 0 Å². The molecular formula is C33H38N2O7. The number of benzene rings is 3. The van der Waals surface area contributed by atoms with Crippen LogP contribution in [0.25, 0.3) is 0 Å². The van der Waals surface area contributed by atoms with Crippen LogP contribution in [0.2, 0.25) is 0 Å². The van der Waals surface area contributed by atoms with Crippen molar-refractivity contribution in [2.45, 2.75) is 45.6 Å². The van der Waals surface area contributed by atoms with E-state index >= 15 is 0 Å². The zero-order valence-corrected chi connectivity index (χ0v) is 24.5. The molecule has 0 aliphatic carbocycles. The molecule has 0 saturated carbocycles. The molecule has 9 nitrogen and oxygen atoms in total. The van der Waals surface area contributed by atoms with E-state index in [-0.39, 0.29) is 19.2 Å². The Morgan fingerprint density at radius 1 is 1.00 bits per heavy atom. The van der Waals surface area contributed by atoms with Crippen LogP contribution < -0.4 is 24.3 Å². The highest BCUT2D eigenvalue weighted by Gasteiger charge is 2.48. The van der Waals surface area contributed by atoms with E-state index in [9.17, 15) is 14.7 Å². The molecule has 0 bridgehead atoms. The van der Waals surface area contributed by atoms with Gasteiger partial charge in [-0.05, 0) is 66.3 Å². The standard InChI is InChI=1S/C33H38N2O7/c1-5-20-9-8-10-21(6-2)30(20)34-28(36)18-35-17-25(23-15-26(39-4)32-27(16-23)41-19-42-32)29(33(37)38)31(35)22-11-13-24(14-12-22)40-7-3/h8-16,25,29,31H,5-7,17-19H2,1-4H3,(H,34,36)(H,37,38)/t25-,29?,31+/m1/s1. The van der Waals surface area contributed by atoms with Gasteiger partial charge in [-0.2, -0.15) is 0 Å². The number of hydrogen-bond donors (Lipinski definition) is 2. The van der Waals surface area contributed by atoms with Crippen LogP contribution in [-0.2, 0) is 22.4 Å². The third-order valence-corrected chi connectivity index (χ3v) is 8.13. The lowest BCUT2D eigenvalue weighted by atomic mass is 9.82. The van der Waals surface area contributed by atoms with Crippen molar-refractivity contribution in [1.29, 1.82) is 0 Å². The van der Waals surface area contributed by atoms with Gasteiger partial charge in [-0.1, -0.05) is 44.2 Å². The van der Waals surface area contributed by atoms with Crippen LogP contribution in [0.3, 0.4) is 0 Å². The number of para-hydroxylation sites is 1. The minimum Gasteiger partial charge on any atom is -0.494 e. The molecule has 1 saturated heterocycles. The zero-order valence-electron chi connectivity index (χ0n) is 24.5. The summed E-state index contributed by atoms with van der Waals surface area (Å²) in [4.78, 5) is 28.6. The van der Waals surface area contributed by atoms with Gasteiger partial charge < -0.3 is 29.4 Å².